The lowest BCUT2D eigenvalue weighted by atomic mass is 9.80. The predicted octanol–water partition coefficient (Wildman–Crippen LogP) is 4.07. The standard InChI is InChI=1S/C15H22O/c1-5-6-7-8-14(16)15-12(3)10-9-11(2)13(15)4/h7-11,13H,5-6H2,1-4H3. The second-order valence-electron chi connectivity index (χ2n) is 4.66. The van der Waals surface area contributed by atoms with Crippen LogP contribution in [-0.4, -0.2) is 5.78 Å². The molecular formula is C15H22O. The first-order chi connectivity index (χ1) is 7.57. The average Bonchev–Trinajstić information content (AvgIpc) is 2.24. The van der Waals surface area contributed by atoms with Crippen molar-refractivity contribution in [3.05, 3.63) is 35.5 Å². The largest absolute Gasteiger partial charge is 0.290 e. The Morgan fingerprint density at radius 3 is 2.75 bits per heavy atom. The summed E-state index contributed by atoms with van der Waals surface area (Å²) in [4.78, 5) is 12.1. The first kappa shape index (κ1) is 13.0. The Morgan fingerprint density at radius 2 is 2.12 bits per heavy atom. The Kier molecular flexibility index (Phi) is 4.72. The average molecular weight is 218 g/mol. The Balaban J connectivity index is 2.84. The van der Waals surface area contributed by atoms with Gasteiger partial charge in [0, 0.05) is 5.57 Å². The summed E-state index contributed by atoms with van der Waals surface area (Å²) in [5.74, 6) is 0.987. The highest BCUT2D eigenvalue weighted by Crippen LogP contribution is 2.30. The fourth-order valence-corrected chi connectivity index (χ4v) is 2.04. The lowest BCUT2D eigenvalue weighted by Crippen LogP contribution is -2.19. The van der Waals surface area contributed by atoms with Crippen LogP contribution in [0.25, 0.3) is 0 Å². The van der Waals surface area contributed by atoms with Gasteiger partial charge >= 0.3 is 0 Å². The van der Waals surface area contributed by atoms with E-state index in [4.69, 9.17) is 0 Å². The van der Waals surface area contributed by atoms with Gasteiger partial charge in [-0.05, 0) is 36.8 Å². The number of carbonyl (C=O) groups is 1. The van der Waals surface area contributed by atoms with Crippen LogP contribution in [0.2, 0.25) is 0 Å². The number of ketones is 1. The number of hydrogen-bond donors (Lipinski definition) is 0. The van der Waals surface area contributed by atoms with Gasteiger partial charge in [0.15, 0.2) is 5.78 Å². The molecule has 16 heavy (non-hydrogen) atoms. The fraction of sp³-hybridized carbons (Fsp3) is 0.533. The van der Waals surface area contributed by atoms with Crippen LogP contribution in [0.4, 0.5) is 0 Å². The van der Waals surface area contributed by atoms with Crippen molar-refractivity contribution in [2.45, 2.75) is 40.5 Å². The van der Waals surface area contributed by atoms with E-state index in [1.807, 2.05) is 13.0 Å². The van der Waals surface area contributed by atoms with Crippen LogP contribution >= 0.6 is 0 Å². The van der Waals surface area contributed by atoms with E-state index in [1.54, 1.807) is 6.08 Å². The van der Waals surface area contributed by atoms with Crippen molar-refractivity contribution in [3.63, 3.8) is 0 Å². The zero-order valence-corrected chi connectivity index (χ0v) is 10.8. The molecular weight excluding hydrogens is 196 g/mol. The van der Waals surface area contributed by atoms with Crippen molar-refractivity contribution in [3.8, 4) is 0 Å². The minimum absolute atomic E-state index is 0.189. The maximum atomic E-state index is 12.1. The quantitative estimate of drug-likeness (QED) is 0.650. The maximum Gasteiger partial charge on any atom is 0.182 e. The van der Waals surface area contributed by atoms with Gasteiger partial charge in [-0.1, -0.05) is 45.4 Å². The van der Waals surface area contributed by atoms with Gasteiger partial charge in [-0.2, -0.15) is 0 Å². The number of carbonyl (C=O) groups excluding carboxylic acids is 1. The van der Waals surface area contributed by atoms with E-state index in [2.05, 4.69) is 32.9 Å². The van der Waals surface area contributed by atoms with Crippen LogP contribution in [0.1, 0.15) is 40.5 Å². The van der Waals surface area contributed by atoms with Crippen molar-refractivity contribution in [2.75, 3.05) is 0 Å². The van der Waals surface area contributed by atoms with E-state index in [-0.39, 0.29) is 5.78 Å². The van der Waals surface area contributed by atoms with E-state index >= 15 is 0 Å². The molecule has 1 rings (SSSR count). The van der Waals surface area contributed by atoms with Crippen molar-refractivity contribution >= 4 is 5.78 Å². The van der Waals surface area contributed by atoms with Gasteiger partial charge in [0.2, 0.25) is 0 Å². The number of hydrogen-bond acceptors (Lipinski definition) is 1. The van der Waals surface area contributed by atoms with Crippen LogP contribution < -0.4 is 0 Å². The van der Waals surface area contributed by atoms with E-state index in [0.717, 1.165) is 24.0 Å². The summed E-state index contributed by atoms with van der Waals surface area (Å²) in [7, 11) is 0. The Labute approximate surface area is 98.9 Å². The molecule has 0 aromatic rings. The molecule has 2 unspecified atom stereocenters. The minimum Gasteiger partial charge on any atom is -0.290 e. The van der Waals surface area contributed by atoms with Crippen molar-refractivity contribution in [2.24, 2.45) is 11.8 Å². The summed E-state index contributed by atoms with van der Waals surface area (Å²) >= 11 is 0. The summed E-state index contributed by atoms with van der Waals surface area (Å²) in [6.07, 6.45) is 10.1. The zero-order chi connectivity index (χ0) is 12.1. The van der Waals surface area contributed by atoms with Crippen LogP contribution in [0.15, 0.2) is 35.5 Å². The monoisotopic (exact) mass is 218 g/mol. The number of rotatable bonds is 4. The van der Waals surface area contributed by atoms with E-state index < -0.39 is 0 Å². The summed E-state index contributed by atoms with van der Waals surface area (Å²) in [5, 5.41) is 0. The molecule has 0 N–H and O–H groups in total. The highest BCUT2D eigenvalue weighted by molar-refractivity contribution is 6.05. The van der Waals surface area contributed by atoms with Crippen LogP contribution in [0.3, 0.4) is 0 Å². The number of unbranched alkanes of at least 4 members (excludes halogenated alkanes) is 1. The number of allylic oxidation sites excluding steroid dienone is 6. The molecule has 88 valence electrons. The van der Waals surface area contributed by atoms with E-state index in [1.165, 1.54) is 0 Å². The molecule has 0 aromatic carbocycles. The molecule has 1 heteroatoms. The van der Waals surface area contributed by atoms with Gasteiger partial charge in [0.05, 0.1) is 0 Å². The molecule has 0 aliphatic heterocycles. The highest BCUT2D eigenvalue weighted by atomic mass is 16.1. The summed E-state index contributed by atoms with van der Waals surface area (Å²) in [5.41, 5.74) is 2.11. The molecule has 0 spiro atoms. The second-order valence-corrected chi connectivity index (χ2v) is 4.66. The molecule has 0 radical (unpaired) electrons. The Morgan fingerprint density at radius 1 is 1.44 bits per heavy atom. The lowest BCUT2D eigenvalue weighted by Gasteiger charge is -2.24. The smallest absolute Gasteiger partial charge is 0.182 e. The van der Waals surface area contributed by atoms with Crippen molar-refractivity contribution in [1.82, 2.24) is 0 Å². The van der Waals surface area contributed by atoms with Crippen LogP contribution in [-0.2, 0) is 4.79 Å². The van der Waals surface area contributed by atoms with Crippen molar-refractivity contribution < 1.29 is 4.79 Å². The maximum absolute atomic E-state index is 12.1. The molecule has 1 aliphatic rings. The fourth-order valence-electron chi connectivity index (χ4n) is 2.04. The molecule has 0 aromatic heterocycles. The Hall–Kier alpha value is -1.11. The molecule has 0 saturated heterocycles. The third-order valence-corrected chi connectivity index (χ3v) is 3.31. The highest BCUT2D eigenvalue weighted by Gasteiger charge is 2.23. The van der Waals surface area contributed by atoms with Gasteiger partial charge in [0.25, 0.3) is 0 Å². The molecule has 0 saturated carbocycles. The van der Waals surface area contributed by atoms with E-state index in [9.17, 15) is 4.79 Å². The summed E-state index contributed by atoms with van der Waals surface area (Å²) in [6.45, 7) is 8.45. The zero-order valence-electron chi connectivity index (χ0n) is 10.8. The molecule has 0 fully saturated rings. The lowest BCUT2D eigenvalue weighted by molar-refractivity contribution is -0.112. The normalized spacial score (nSPS) is 25.5. The van der Waals surface area contributed by atoms with Gasteiger partial charge in [0.1, 0.15) is 0 Å². The molecule has 1 aliphatic carbocycles. The first-order valence-electron chi connectivity index (χ1n) is 6.17. The van der Waals surface area contributed by atoms with E-state index in [0.29, 0.717) is 11.8 Å². The molecule has 0 bridgehead atoms. The molecule has 2 atom stereocenters. The SMILES string of the molecule is CCCC=CC(=O)C1=C(C)C=CC(C)C1C. The van der Waals surface area contributed by atoms with Crippen molar-refractivity contribution in [1.29, 1.82) is 0 Å². The molecule has 0 amide bonds. The molecule has 0 heterocycles. The Bertz CT molecular complexity index is 344. The van der Waals surface area contributed by atoms with Gasteiger partial charge in [-0.3, -0.25) is 4.79 Å². The van der Waals surface area contributed by atoms with Crippen LogP contribution in [0.5, 0.6) is 0 Å². The minimum atomic E-state index is 0.189. The summed E-state index contributed by atoms with van der Waals surface area (Å²) < 4.78 is 0. The molecule has 1 nitrogen and oxygen atoms in total. The van der Waals surface area contributed by atoms with Gasteiger partial charge in [-0.25, -0.2) is 0 Å². The third-order valence-electron chi connectivity index (χ3n) is 3.31. The van der Waals surface area contributed by atoms with Gasteiger partial charge < -0.3 is 0 Å². The topological polar surface area (TPSA) is 17.1 Å². The first-order valence-corrected chi connectivity index (χ1v) is 6.17. The van der Waals surface area contributed by atoms with Crippen LogP contribution in [0, 0.1) is 11.8 Å². The predicted molar refractivity (Wildman–Crippen MR) is 69.2 cm³/mol. The summed E-state index contributed by atoms with van der Waals surface area (Å²) in [6, 6.07) is 0. The third kappa shape index (κ3) is 2.94. The van der Waals surface area contributed by atoms with Gasteiger partial charge in [-0.15, -0.1) is 0 Å². The second kappa shape index (κ2) is 5.83.